The van der Waals surface area contributed by atoms with Gasteiger partial charge in [-0.15, -0.1) is 0 Å². The highest BCUT2D eigenvalue weighted by molar-refractivity contribution is 6.17. The van der Waals surface area contributed by atoms with Gasteiger partial charge in [0.1, 0.15) is 0 Å². The Kier molecular flexibility index (Phi) is 3.98. The normalized spacial score (nSPS) is 18.6. The highest BCUT2D eigenvalue weighted by Gasteiger charge is 2.16. The van der Waals surface area contributed by atoms with E-state index in [2.05, 4.69) is 56.7 Å². The summed E-state index contributed by atoms with van der Waals surface area (Å²) in [6.07, 6.45) is 5.46. The summed E-state index contributed by atoms with van der Waals surface area (Å²) in [5.74, 6) is 0.560. The quantitative estimate of drug-likeness (QED) is 0.751. The summed E-state index contributed by atoms with van der Waals surface area (Å²) in [7, 11) is 0. The van der Waals surface area contributed by atoms with E-state index in [9.17, 15) is 0 Å². The Bertz CT molecular complexity index is 563. The lowest BCUT2D eigenvalue weighted by Crippen LogP contribution is -2.06. The number of aliphatic imine (C=N–C) groups is 2. The lowest BCUT2D eigenvalue weighted by Gasteiger charge is -2.19. The number of hydrogen-bond acceptors (Lipinski definition) is 2. The maximum Gasteiger partial charge on any atom is 0.0742 e. The molecule has 2 nitrogen and oxygen atoms in total. The molecule has 0 bridgehead atoms. The van der Waals surface area contributed by atoms with E-state index in [0.717, 1.165) is 0 Å². The first kappa shape index (κ1) is 13.7. The average Bonchev–Trinajstić information content (AvgIpc) is 2.57. The first-order valence-electron chi connectivity index (χ1n) is 6.87. The molecule has 0 saturated heterocycles. The summed E-state index contributed by atoms with van der Waals surface area (Å²) in [5, 5.41) is 0. The smallest absolute Gasteiger partial charge is 0.0742 e. The Morgan fingerprint density at radius 3 is 2.47 bits per heavy atom. The van der Waals surface area contributed by atoms with Gasteiger partial charge < -0.3 is 0 Å². The summed E-state index contributed by atoms with van der Waals surface area (Å²) in [6, 6.07) is 4.62. The Morgan fingerprint density at radius 2 is 1.79 bits per heavy atom. The Labute approximate surface area is 116 Å². The molecule has 0 N–H and O–H groups in total. The van der Waals surface area contributed by atoms with Gasteiger partial charge in [-0.1, -0.05) is 26.0 Å². The van der Waals surface area contributed by atoms with Gasteiger partial charge in [0.05, 0.1) is 6.04 Å². The zero-order valence-corrected chi connectivity index (χ0v) is 12.4. The Balaban J connectivity index is 2.52. The zero-order valence-electron chi connectivity index (χ0n) is 12.4. The van der Waals surface area contributed by atoms with Crippen LogP contribution in [0, 0.1) is 13.8 Å². The molecule has 1 atom stereocenters. The second-order valence-electron chi connectivity index (χ2n) is 5.46. The van der Waals surface area contributed by atoms with Crippen molar-refractivity contribution in [1.29, 1.82) is 0 Å². The third kappa shape index (κ3) is 2.67. The van der Waals surface area contributed by atoms with Gasteiger partial charge in [-0.2, -0.15) is 0 Å². The van der Waals surface area contributed by atoms with Gasteiger partial charge in [0, 0.05) is 24.2 Å². The molecule has 0 saturated carbocycles. The van der Waals surface area contributed by atoms with Crippen molar-refractivity contribution in [3.05, 3.63) is 40.6 Å². The van der Waals surface area contributed by atoms with E-state index in [1.54, 1.807) is 12.4 Å². The van der Waals surface area contributed by atoms with Crippen molar-refractivity contribution in [2.45, 2.75) is 46.6 Å². The Morgan fingerprint density at radius 1 is 1.05 bits per heavy atom. The Hall–Kier alpha value is -1.70. The van der Waals surface area contributed by atoms with Gasteiger partial charge in [0.25, 0.3) is 0 Å². The third-order valence-electron chi connectivity index (χ3n) is 3.89. The summed E-state index contributed by atoms with van der Waals surface area (Å²) in [6.45, 7) is 11.0. The van der Waals surface area contributed by atoms with Gasteiger partial charge in [-0.25, -0.2) is 0 Å². The molecule has 0 spiro atoms. The van der Waals surface area contributed by atoms with Crippen molar-refractivity contribution in [2.75, 3.05) is 0 Å². The molecule has 0 aromatic heterocycles. The van der Waals surface area contributed by atoms with E-state index in [0.29, 0.717) is 5.92 Å². The van der Waals surface area contributed by atoms with Gasteiger partial charge in [0.2, 0.25) is 0 Å². The number of hydrogen-bond donors (Lipinski definition) is 0. The van der Waals surface area contributed by atoms with Crippen molar-refractivity contribution in [3.63, 3.8) is 0 Å². The fourth-order valence-electron chi connectivity index (χ4n) is 2.59. The molecule has 2 rings (SSSR count). The number of rotatable bonds is 2. The third-order valence-corrected chi connectivity index (χ3v) is 3.89. The van der Waals surface area contributed by atoms with Gasteiger partial charge in [-0.05, 0) is 48.9 Å². The molecule has 2 heteroatoms. The predicted octanol–water partition coefficient (Wildman–Crippen LogP) is 4.31. The van der Waals surface area contributed by atoms with E-state index in [-0.39, 0.29) is 6.04 Å². The number of nitrogens with zero attached hydrogens (tertiary/aromatic N) is 2. The lowest BCUT2D eigenvalue weighted by molar-refractivity contribution is 0.852. The minimum atomic E-state index is 0.158. The molecular weight excluding hydrogens is 232 g/mol. The van der Waals surface area contributed by atoms with Crippen molar-refractivity contribution in [3.8, 4) is 0 Å². The predicted molar refractivity (Wildman–Crippen MR) is 84.4 cm³/mol. The van der Waals surface area contributed by atoms with Crippen LogP contribution in [-0.2, 0) is 0 Å². The van der Waals surface area contributed by atoms with E-state index in [4.69, 9.17) is 0 Å². The second kappa shape index (κ2) is 5.52. The number of benzene rings is 1. The van der Waals surface area contributed by atoms with Gasteiger partial charge >= 0.3 is 0 Å². The topological polar surface area (TPSA) is 24.7 Å². The molecule has 1 unspecified atom stereocenters. The molecule has 1 heterocycles. The van der Waals surface area contributed by atoms with Crippen LogP contribution in [-0.4, -0.2) is 18.5 Å². The van der Waals surface area contributed by atoms with Crippen molar-refractivity contribution < 1.29 is 0 Å². The molecule has 0 amide bonds. The van der Waals surface area contributed by atoms with Crippen molar-refractivity contribution in [1.82, 2.24) is 0 Å². The van der Waals surface area contributed by atoms with Crippen LogP contribution in [0.25, 0.3) is 5.57 Å². The fourth-order valence-corrected chi connectivity index (χ4v) is 2.59. The molecule has 0 radical (unpaired) electrons. The summed E-state index contributed by atoms with van der Waals surface area (Å²) in [5.41, 5.74) is 6.62. The average molecular weight is 254 g/mol. The van der Waals surface area contributed by atoms with Crippen molar-refractivity contribution >= 4 is 18.0 Å². The summed E-state index contributed by atoms with van der Waals surface area (Å²) >= 11 is 0. The summed E-state index contributed by atoms with van der Waals surface area (Å²) < 4.78 is 0. The van der Waals surface area contributed by atoms with Crippen molar-refractivity contribution in [2.24, 2.45) is 9.98 Å². The minimum absolute atomic E-state index is 0.158. The van der Waals surface area contributed by atoms with Crippen LogP contribution in [0.3, 0.4) is 0 Å². The molecule has 1 aliphatic heterocycles. The maximum absolute atomic E-state index is 4.47. The maximum atomic E-state index is 4.47. The van der Waals surface area contributed by atoms with Crippen LogP contribution < -0.4 is 0 Å². The molecular formula is C17H22N2. The van der Waals surface area contributed by atoms with Crippen LogP contribution in [0.1, 0.15) is 48.9 Å². The molecule has 1 aromatic rings. The monoisotopic (exact) mass is 254 g/mol. The van der Waals surface area contributed by atoms with E-state index in [1.165, 1.54) is 27.8 Å². The van der Waals surface area contributed by atoms with Crippen LogP contribution in [0.5, 0.6) is 0 Å². The van der Waals surface area contributed by atoms with E-state index in [1.807, 2.05) is 6.20 Å². The van der Waals surface area contributed by atoms with Crippen LogP contribution >= 0.6 is 0 Å². The molecule has 100 valence electrons. The molecule has 0 fully saturated rings. The fraction of sp³-hybridized carbons (Fsp3) is 0.412. The van der Waals surface area contributed by atoms with Gasteiger partial charge in [0.15, 0.2) is 0 Å². The van der Waals surface area contributed by atoms with Gasteiger partial charge in [-0.3, -0.25) is 9.98 Å². The first-order chi connectivity index (χ1) is 9.02. The standard InChI is InChI=1S/C17H22N2/c1-11(2)15-6-7-16(13(4)12(15)3)17-10-18-8-9-19-14(17)5/h6-11,14H,1-5H3. The molecule has 19 heavy (non-hydrogen) atoms. The van der Waals surface area contributed by atoms with Crippen LogP contribution in [0.2, 0.25) is 0 Å². The second-order valence-corrected chi connectivity index (χ2v) is 5.46. The molecule has 1 aliphatic rings. The highest BCUT2D eigenvalue weighted by atomic mass is 14.8. The zero-order chi connectivity index (χ0) is 14.0. The minimum Gasteiger partial charge on any atom is -0.284 e. The van der Waals surface area contributed by atoms with E-state index >= 15 is 0 Å². The SMILES string of the molecule is Cc1c(C2=CN=CC=NC2C)ccc(C(C)C)c1C. The largest absolute Gasteiger partial charge is 0.284 e. The van der Waals surface area contributed by atoms with Crippen LogP contribution in [0.4, 0.5) is 0 Å². The van der Waals surface area contributed by atoms with E-state index < -0.39 is 0 Å². The van der Waals surface area contributed by atoms with Crippen LogP contribution in [0.15, 0.2) is 28.3 Å². The molecule has 0 aliphatic carbocycles. The first-order valence-corrected chi connectivity index (χ1v) is 6.87. The molecule has 1 aromatic carbocycles. The lowest BCUT2D eigenvalue weighted by atomic mass is 9.88. The highest BCUT2D eigenvalue weighted by Crippen LogP contribution is 2.30. The summed E-state index contributed by atoms with van der Waals surface area (Å²) in [4.78, 5) is 8.74.